The maximum Gasteiger partial charge on any atom is 0.338 e. The number of fused-ring (bicyclic) bond motifs is 1. The predicted molar refractivity (Wildman–Crippen MR) is 178 cm³/mol. The summed E-state index contributed by atoms with van der Waals surface area (Å²) in [5.41, 5.74) is 2.70. The zero-order valence-electron chi connectivity index (χ0n) is 26.2. The van der Waals surface area contributed by atoms with Crippen molar-refractivity contribution in [3.8, 4) is 11.5 Å². The second-order valence-corrected chi connectivity index (χ2v) is 11.8. The molecule has 0 unspecified atom stereocenters. The van der Waals surface area contributed by atoms with Gasteiger partial charge in [0.2, 0.25) is 0 Å². The molecular formula is C36H35N3O7S. The van der Waals surface area contributed by atoms with Gasteiger partial charge in [-0.25, -0.2) is 9.79 Å². The van der Waals surface area contributed by atoms with Crippen LogP contribution in [0.1, 0.15) is 36.6 Å². The average molecular weight is 654 g/mol. The van der Waals surface area contributed by atoms with E-state index in [1.54, 1.807) is 34.6 Å². The zero-order valence-corrected chi connectivity index (χ0v) is 27.0. The van der Waals surface area contributed by atoms with Crippen LogP contribution in [0.5, 0.6) is 11.5 Å². The van der Waals surface area contributed by atoms with Crippen molar-refractivity contribution in [1.82, 2.24) is 9.47 Å². The van der Waals surface area contributed by atoms with Crippen molar-refractivity contribution >= 4 is 35.0 Å². The molecule has 1 aromatic heterocycles. The smallest absolute Gasteiger partial charge is 0.338 e. The second kappa shape index (κ2) is 14.6. The molecule has 2 aliphatic rings. The Morgan fingerprint density at radius 3 is 2.36 bits per heavy atom. The highest BCUT2D eigenvalue weighted by Gasteiger charge is 2.35. The van der Waals surface area contributed by atoms with E-state index in [4.69, 9.17) is 23.9 Å². The van der Waals surface area contributed by atoms with Gasteiger partial charge >= 0.3 is 5.97 Å². The summed E-state index contributed by atoms with van der Waals surface area (Å²) in [4.78, 5) is 47.5. The maximum atomic E-state index is 14.2. The summed E-state index contributed by atoms with van der Waals surface area (Å²) in [6.07, 6.45) is 1.77. The molecule has 10 nitrogen and oxygen atoms in total. The SMILES string of the molecule is CCOC(=O)C1=C(c2ccccc2)N=c2s/c(=C/c3ccc(OCC(=O)N4CCOCC4)c(OCC)c3)c(=O)n2[C@@H]1c1ccccc1. The van der Waals surface area contributed by atoms with Gasteiger partial charge < -0.3 is 23.8 Å². The van der Waals surface area contributed by atoms with Crippen LogP contribution in [0.25, 0.3) is 11.8 Å². The second-order valence-electron chi connectivity index (χ2n) is 10.8. The van der Waals surface area contributed by atoms with E-state index in [1.807, 2.05) is 73.7 Å². The van der Waals surface area contributed by atoms with Crippen molar-refractivity contribution in [3.05, 3.63) is 121 Å². The van der Waals surface area contributed by atoms with Crippen LogP contribution < -0.4 is 24.4 Å². The lowest BCUT2D eigenvalue weighted by Crippen LogP contribution is -2.43. The molecule has 2 aliphatic heterocycles. The number of benzene rings is 3. The first kappa shape index (κ1) is 32.0. The average Bonchev–Trinajstić information content (AvgIpc) is 3.42. The van der Waals surface area contributed by atoms with Gasteiger partial charge in [0.25, 0.3) is 11.5 Å². The van der Waals surface area contributed by atoms with Gasteiger partial charge in [0, 0.05) is 18.7 Å². The van der Waals surface area contributed by atoms with Gasteiger partial charge in [-0.05, 0) is 43.2 Å². The van der Waals surface area contributed by atoms with Crippen LogP contribution in [0.2, 0.25) is 0 Å². The van der Waals surface area contributed by atoms with Crippen LogP contribution in [0.4, 0.5) is 0 Å². The minimum absolute atomic E-state index is 0.119. The Balaban J connectivity index is 1.42. The summed E-state index contributed by atoms with van der Waals surface area (Å²) >= 11 is 1.24. The molecule has 0 radical (unpaired) electrons. The van der Waals surface area contributed by atoms with Crippen molar-refractivity contribution in [1.29, 1.82) is 0 Å². The number of carbonyl (C=O) groups is 2. The fourth-order valence-corrected chi connectivity index (χ4v) is 6.59. The molecule has 3 aromatic carbocycles. The van der Waals surface area contributed by atoms with Crippen LogP contribution in [0.15, 0.2) is 94.2 Å². The van der Waals surface area contributed by atoms with Crippen molar-refractivity contribution in [2.45, 2.75) is 19.9 Å². The number of ether oxygens (including phenoxy) is 4. The Kier molecular flexibility index (Phi) is 9.94. The van der Waals surface area contributed by atoms with Crippen LogP contribution in [-0.4, -0.2) is 67.5 Å². The lowest BCUT2D eigenvalue weighted by molar-refractivity contribution is -0.139. The summed E-state index contributed by atoms with van der Waals surface area (Å²) in [5.74, 6) is 0.248. The summed E-state index contributed by atoms with van der Waals surface area (Å²) in [6.45, 7) is 6.16. The minimum Gasteiger partial charge on any atom is -0.490 e. The predicted octanol–water partition coefficient (Wildman–Crippen LogP) is 3.57. The number of morpholine rings is 1. The maximum absolute atomic E-state index is 14.2. The van der Waals surface area contributed by atoms with Gasteiger partial charge in [0.15, 0.2) is 22.9 Å². The molecule has 4 aromatic rings. The van der Waals surface area contributed by atoms with Gasteiger partial charge in [0.05, 0.1) is 48.3 Å². The number of nitrogens with zero attached hydrogens (tertiary/aromatic N) is 3. The number of thiazole rings is 1. The molecule has 0 bridgehead atoms. The Bertz CT molecular complexity index is 1960. The lowest BCUT2D eigenvalue weighted by atomic mass is 9.93. The first-order chi connectivity index (χ1) is 23.0. The molecule has 1 amide bonds. The van der Waals surface area contributed by atoms with Crippen LogP contribution in [0, 0.1) is 0 Å². The molecular weight excluding hydrogens is 618 g/mol. The molecule has 1 fully saturated rings. The van der Waals surface area contributed by atoms with Crippen LogP contribution in [0.3, 0.4) is 0 Å². The van der Waals surface area contributed by atoms with E-state index in [0.717, 1.165) is 11.1 Å². The number of aromatic nitrogens is 1. The largest absolute Gasteiger partial charge is 0.490 e. The molecule has 0 aliphatic carbocycles. The van der Waals surface area contributed by atoms with E-state index in [2.05, 4.69) is 0 Å². The van der Waals surface area contributed by atoms with E-state index in [-0.39, 0.29) is 24.7 Å². The molecule has 3 heterocycles. The molecule has 0 N–H and O–H groups in total. The summed E-state index contributed by atoms with van der Waals surface area (Å²) < 4.78 is 24.6. The van der Waals surface area contributed by atoms with Gasteiger partial charge in [-0.15, -0.1) is 0 Å². The summed E-state index contributed by atoms with van der Waals surface area (Å²) in [6, 6.07) is 23.5. The highest BCUT2D eigenvalue weighted by molar-refractivity contribution is 7.07. The first-order valence-corrected chi connectivity index (χ1v) is 16.4. The fraction of sp³-hybridized carbons (Fsp3) is 0.278. The summed E-state index contributed by atoms with van der Waals surface area (Å²) in [7, 11) is 0. The molecule has 1 atom stereocenters. The van der Waals surface area contributed by atoms with Gasteiger partial charge in [-0.3, -0.25) is 14.2 Å². The Hall–Kier alpha value is -5.00. The number of amides is 1. The van der Waals surface area contributed by atoms with Crippen LogP contribution in [-0.2, 0) is 19.1 Å². The third kappa shape index (κ3) is 6.91. The third-order valence-corrected chi connectivity index (χ3v) is 8.75. The molecule has 1 saturated heterocycles. The van der Waals surface area contributed by atoms with Gasteiger partial charge in [-0.2, -0.15) is 0 Å². The minimum atomic E-state index is -0.748. The zero-order chi connectivity index (χ0) is 32.8. The third-order valence-electron chi connectivity index (χ3n) is 7.77. The molecule has 11 heteroatoms. The fourth-order valence-electron chi connectivity index (χ4n) is 5.59. The first-order valence-electron chi connectivity index (χ1n) is 15.6. The van der Waals surface area contributed by atoms with E-state index >= 15 is 0 Å². The standard InChI is InChI=1S/C36H35N3O7S/c1-3-44-28-21-24(15-16-27(28)46-23-30(40)38-17-19-43-20-18-38)22-29-34(41)39-33(26-13-9-6-10-14-26)31(35(42)45-4-2)32(37-36(39)47-29)25-11-7-5-8-12-25/h5-16,21-22,33H,3-4,17-20,23H2,1-2H3/b29-22+/t33-/m1/s1. The Morgan fingerprint density at radius 2 is 1.66 bits per heavy atom. The van der Waals surface area contributed by atoms with E-state index in [0.29, 0.717) is 70.6 Å². The molecule has 0 saturated carbocycles. The summed E-state index contributed by atoms with van der Waals surface area (Å²) in [5, 5.41) is 0. The topological polar surface area (TPSA) is 109 Å². The highest BCUT2D eigenvalue weighted by Crippen LogP contribution is 2.35. The van der Waals surface area contributed by atoms with E-state index in [1.165, 1.54) is 11.3 Å². The number of rotatable bonds is 10. The van der Waals surface area contributed by atoms with E-state index < -0.39 is 12.0 Å². The molecule has 6 rings (SSSR count). The number of hydrogen-bond acceptors (Lipinski definition) is 9. The van der Waals surface area contributed by atoms with Gasteiger partial charge in [-0.1, -0.05) is 78.1 Å². The van der Waals surface area contributed by atoms with Crippen molar-refractivity contribution in [2.24, 2.45) is 4.99 Å². The van der Waals surface area contributed by atoms with Gasteiger partial charge in [0.1, 0.15) is 0 Å². The Labute approximate surface area is 275 Å². The molecule has 0 spiro atoms. The van der Waals surface area contributed by atoms with Crippen molar-refractivity contribution in [2.75, 3.05) is 46.1 Å². The van der Waals surface area contributed by atoms with E-state index in [9.17, 15) is 14.4 Å². The van der Waals surface area contributed by atoms with Crippen LogP contribution >= 0.6 is 11.3 Å². The number of esters is 1. The number of hydrogen-bond donors (Lipinski definition) is 0. The Morgan fingerprint density at radius 1 is 0.936 bits per heavy atom. The number of carbonyl (C=O) groups excluding carboxylic acids is 2. The lowest BCUT2D eigenvalue weighted by Gasteiger charge is -2.26. The molecule has 47 heavy (non-hydrogen) atoms. The van der Waals surface area contributed by atoms with Crippen molar-refractivity contribution < 1.29 is 28.5 Å². The monoisotopic (exact) mass is 653 g/mol. The molecule has 242 valence electrons. The quantitative estimate of drug-likeness (QED) is 0.241. The highest BCUT2D eigenvalue weighted by atomic mass is 32.1. The normalized spacial score (nSPS) is 16.3. The van der Waals surface area contributed by atoms with Crippen molar-refractivity contribution in [3.63, 3.8) is 0 Å².